The third-order valence-corrected chi connectivity index (χ3v) is 5.52. The fourth-order valence-electron chi connectivity index (χ4n) is 3.64. The lowest BCUT2D eigenvalue weighted by Gasteiger charge is -2.20. The third-order valence-electron chi connectivity index (χ3n) is 5.52. The lowest BCUT2D eigenvalue weighted by Crippen LogP contribution is -2.22. The van der Waals surface area contributed by atoms with Crippen LogP contribution in [0.1, 0.15) is 37.0 Å². The molecule has 1 saturated carbocycles. The number of nitrogens with zero attached hydrogens (tertiary/aromatic N) is 3. The standard InChI is InChI=1S/C25H25N3O3/c1-15(2)14-30-25(29)17-8-11-19-20(12-17)27-24(28(3)18-9-10-18)23(26-19)22-13-16-6-4-5-7-21(16)31-22/h4-8,11-13,15,18H,9-10,14H2,1-3H3. The molecular weight excluding hydrogens is 390 g/mol. The van der Waals surface area contributed by atoms with Crippen LogP contribution < -0.4 is 4.90 Å². The van der Waals surface area contributed by atoms with Gasteiger partial charge in [0, 0.05) is 18.5 Å². The molecule has 0 spiro atoms. The number of furan rings is 1. The molecule has 31 heavy (non-hydrogen) atoms. The maximum absolute atomic E-state index is 12.4. The van der Waals surface area contributed by atoms with E-state index in [1.807, 2.05) is 57.3 Å². The Morgan fingerprint density at radius 3 is 2.68 bits per heavy atom. The molecule has 6 heteroatoms. The molecule has 0 bridgehead atoms. The van der Waals surface area contributed by atoms with E-state index in [0.717, 1.165) is 29.6 Å². The van der Waals surface area contributed by atoms with Crippen molar-refractivity contribution in [1.82, 2.24) is 9.97 Å². The van der Waals surface area contributed by atoms with Crippen LogP contribution in [-0.2, 0) is 4.74 Å². The summed E-state index contributed by atoms with van der Waals surface area (Å²) < 4.78 is 11.5. The normalized spacial score (nSPS) is 13.8. The van der Waals surface area contributed by atoms with Gasteiger partial charge in [0.05, 0.1) is 23.2 Å². The average molecular weight is 415 g/mol. The van der Waals surface area contributed by atoms with Gasteiger partial charge >= 0.3 is 5.97 Å². The smallest absolute Gasteiger partial charge is 0.338 e. The summed E-state index contributed by atoms with van der Waals surface area (Å²) in [5.41, 5.74) is 3.40. The molecule has 0 unspecified atom stereocenters. The zero-order valence-corrected chi connectivity index (χ0v) is 18.0. The van der Waals surface area contributed by atoms with Crippen LogP contribution in [0.5, 0.6) is 0 Å². The summed E-state index contributed by atoms with van der Waals surface area (Å²) in [6.45, 7) is 4.42. The van der Waals surface area contributed by atoms with Gasteiger partial charge in [-0.1, -0.05) is 32.0 Å². The largest absolute Gasteiger partial charge is 0.462 e. The van der Waals surface area contributed by atoms with Gasteiger partial charge in [0.25, 0.3) is 0 Å². The second-order valence-electron chi connectivity index (χ2n) is 8.58. The van der Waals surface area contributed by atoms with E-state index >= 15 is 0 Å². The second kappa shape index (κ2) is 7.69. The van der Waals surface area contributed by atoms with Crippen molar-refractivity contribution in [1.29, 1.82) is 0 Å². The van der Waals surface area contributed by atoms with Gasteiger partial charge in [0.15, 0.2) is 11.6 Å². The van der Waals surface area contributed by atoms with Crippen LogP contribution in [-0.4, -0.2) is 35.6 Å². The molecule has 0 radical (unpaired) electrons. The molecule has 0 atom stereocenters. The number of rotatable bonds is 6. The summed E-state index contributed by atoms with van der Waals surface area (Å²) in [6, 6.07) is 15.7. The van der Waals surface area contributed by atoms with Crippen LogP contribution in [0.4, 0.5) is 5.82 Å². The molecule has 0 N–H and O–H groups in total. The van der Waals surface area contributed by atoms with E-state index in [9.17, 15) is 4.79 Å². The average Bonchev–Trinajstić information content (AvgIpc) is 3.54. The summed E-state index contributed by atoms with van der Waals surface area (Å²) in [7, 11) is 2.04. The number of aromatic nitrogens is 2. The van der Waals surface area contributed by atoms with E-state index < -0.39 is 0 Å². The first-order valence-electron chi connectivity index (χ1n) is 10.7. The zero-order valence-electron chi connectivity index (χ0n) is 18.0. The Kier molecular flexibility index (Phi) is 4.85. The Labute approximate surface area is 180 Å². The predicted molar refractivity (Wildman–Crippen MR) is 121 cm³/mol. The molecule has 2 aromatic carbocycles. The molecule has 0 amide bonds. The van der Waals surface area contributed by atoms with Crippen LogP contribution in [0.25, 0.3) is 33.5 Å². The van der Waals surface area contributed by atoms with E-state index in [-0.39, 0.29) is 11.9 Å². The summed E-state index contributed by atoms with van der Waals surface area (Å²) in [5, 5.41) is 1.03. The first-order valence-corrected chi connectivity index (χ1v) is 10.7. The van der Waals surface area contributed by atoms with Crippen LogP contribution >= 0.6 is 0 Å². The van der Waals surface area contributed by atoms with E-state index in [0.29, 0.717) is 40.7 Å². The first-order chi connectivity index (χ1) is 15.0. The van der Waals surface area contributed by atoms with E-state index in [1.165, 1.54) is 0 Å². The molecule has 5 rings (SSSR count). The maximum atomic E-state index is 12.4. The minimum atomic E-state index is -0.337. The third kappa shape index (κ3) is 3.85. The predicted octanol–water partition coefficient (Wildman–Crippen LogP) is 5.45. The molecule has 6 nitrogen and oxygen atoms in total. The minimum Gasteiger partial charge on any atom is -0.462 e. The van der Waals surface area contributed by atoms with Gasteiger partial charge in [-0.25, -0.2) is 14.8 Å². The van der Waals surface area contributed by atoms with E-state index in [1.54, 1.807) is 12.1 Å². The van der Waals surface area contributed by atoms with Crippen molar-refractivity contribution in [2.45, 2.75) is 32.7 Å². The molecule has 0 saturated heterocycles. The zero-order chi connectivity index (χ0) is 21.5. The van der Waals surface area contributed by atoms with Gasteiger partial charge in [-0.2, -0.15) is 0 Å². The highest BCUT2D eigenvalue weighted by Crippen LogP contribution is 2.37. The monoisotopic (exact) mass is 415 g/mol. The number of benzene rings is 2. The second-order valence-corrected chi connectivity index (χ2v) is 8.58. The molecule has 4 aromatic rings. The highest BCUT2D eigenvalue weighted by Gasteiger charge is 2.30. The number of ether oxygens (including phenoxy) is 1. The molecule has 1 aliphatic carbocycles. The van der Waals surface area contributed by atoms with Gasteiger partial charge in [-0.15, -0.1) is 0 Å². The van der Waals surface area contributed by atoms with Crippen molar-refractivity contribution < 1.29 is 13.9 Å². The van der Waals surface area contributed by atoms with Crippen LogP contribution in [0.3, 0.4) is 0 Å². The van der Waals surface area contributed by atoms with Crippen molar-refractivity contribution in [2.75, 3.05) is 18.6 Å². The topological polar surface area (TPSA) is 68.5 Å². The van der Waals surface area contributed by atoms with Crippen molar-refractivity contribution >= 4 is 33.8 Å². The Hall–Kier alpha value is -3.41. The number of hydrogen-bond acceptors (Lipinski definition) is 6. The van der Waals surface area contributed by atoms with Crippen LogP contribution in [0, 0.1) is 5.92 Å². The molecule has 1 aliphatic rings. The summed E-state index contributed by atoms with van der Waals surface area (Å²) in [5.74, 6) is 1.41. The molecule has 2 aromatic heterocycles. The molecule has 158 valence electrons. The number of fused-ring (bicyclic) bond motifs is 2. The highest BCUT2D eigenvalue weighted by atomic mass is 16.5. The van der Waals surface area contributed by atoms with E-state index in [4.69, 9.17) is 19.1 Å². The fourth-order valence-corrected chi connectivity index (χ4v) is 3.64. The Balaban J connectivity index is 1.60. The first kappa shape index (κ1) is 19.5. The molecule has 1 fully saturated rings. The SMILES string of the molecule is CC(C)COC(=O)c1ccc2nc(-c3cc4ccccc4o3)c(N(C)C3CC3)nc2c1. The lowest BCUT2D eigenvalue weighted by molar-refractivity contribution is 0.0459. The quantitative estimate of drug-likeness (QED) is 0.390. The number of para-hydroxylation sites is 1. The summed E-state index contributed by atoms with van der Waals surface area (Å²) >= 11 is 0. The van der Waals surface area contributed by atoms with E-state index in [2.05, 4.69) is 4.90 Å². The maximum Gasteiger partial charge on any atom is 0.338 e. The van der Waals surface area contributed by atoms with Gasteiger partial charge in [0.1, 0.15) is 11.3 Å². The summed E-state index contributed by atoms with van der Waals surface area (Å²) in [4.78, 5) is 24.4. The van der Waals surface area contributed by atoms with Gasteiger partial charge in [0.2, 0.25) is 0 Å². The van der Waals surface area contributed by atoms with Crippen molar-refractivity contribution in [3.8, 4) is 11.5 Å². The van der Waals surface area contributed by atoms with Crippen LogP contribution in [0.15, 0.2) is 52.9 Å². The van der Waals surface area contributed by atoms with Crippen molar-refractivity contribution in [3.05, 3.63) is 54.1 Å². The lowest BCUT2D eigenvalue weighted by atomic mass is 10.1. The van der Waals surface area contributed by atoms with Gasteiger partial charge in [-0.3, -0.25) is 0 Å². The fraction of sp³-hybridized carbons (Fsp3) is 0.320. The van der Waals surface area contributed by atoms with Crippen molar-refractivity contribution in [2.24, 2.45) is 5.92 Å². The number of carbonyl (C=O) groups excluding carboxylic acids is 1. The number of carbonyl (C=O) groups is 1. The number of anilines is 1. The highest BCUT2D eigenvalue weighted by molar-refractivity contribution is 5.95. The van der Waals surface area contributed by atoms with Gasteiger partial charge < -0.3 is 14.1 Å². The van der Waals surface area contributed by atoms with Gasteiger partial charge in [-0.05, 0) is 49.1 Å². The molecular formula is C25H25N3O3. The Morgan fingerprint density at radius 1 is 1.13 bits per heavy atom. The van der Waals surface area contributed by atoms with Crippen LogP contribution in [0.2, 0.25) is 0 Å². The number of hydrogen-bond donors (Lipinski definition) is 0. The number of esters is 1. The molecule has 2 heterocycles. The molecule has 0 aliphatic heterocycles. The van der Waals surface area contributed by atoms with Crippen molar-refractivity contribution in [3.63, 3.8) is 0 Å². The summed E-state index contributed by atoms with van der Waals surface area (Å²) in [6.07, 6.45) is 2.27. The Bertz CT molecular complexity index is 1240. The Morgan fingerprint density at radius 2 is 1.94 bits per heavy atom. The minimum absolute atomic E-state index is 0.286.